The normalized spacial score (nSPS) is 10.6. The molecule has 5 heteroatoms. The monoisotopic (exact) mass is 364 g/mol. The minimum Gasteiger partial charge on any atom is -0.489 e. The van der Waals surface area contributed by atoms with E-state index in [4.69, 9.17) is 9.26 Å². The fraction of sp³-hybridized carbons (Fsp3) is 0.273. The summed E-state index contributed by atoms with van der Waals surface area (Å²) in [4.78, 5) is 12.1. The van der Waals surface area contributed by atoms with Crippen molar-refractivity contribution in [2.75, 3.05) is 0 Å². The van der Waals surface area contributed by atoms with Crippen LogP contribution in [0.5, 0.6) is 5.75 Å². The number of carbonyl (C=O) groups is 1. The summed E-state index contributed by atoms with van der Waals surface area (Å²) in [6.45, 7) is 4.80. The van der Waals surface area contributed by atoms with Gasteiger partial charge in [-0.05, 0) is 43.5 Å². The zero-order valence-corrected chi connectivity index (χ0v) is 15.7. The minimum atomic E-state index is 0.0133. The van der Waals surface area contributed by atoms with Crippen molar-refractivity contribution in [1.29, 1.82) is 0 Å². The molecular weight excluding hydrogens is 340 g/mol. The molecule has 1 heterocycles. The first-order valence-corrected chi connectivity index (χ1v) is 9.06. The third-order valence-electron chi connectivity index (χ3n) is 4.44. The van der Waals surface area contributed by atoms with Gasteiger partial charge in [-0.3, -0.25) is 4.79 Å². The third kappa shape index (κ3) is 5.45. The molecule has 0 aliphatic heterocycles. The molecule has 0 fully saturated rings. The molecule has 2 aromatic carbocycles. The van der Waals surface area contributed by atoms with Gasteiger partial charge in [0.05, 0.1) is 5.69 Å². The lowest BCUT2D eigenvalue weighted by molar-refractivity contribution is -0.121. The summed E-state index contributed by atoms with van der Waals surface area (Å²) in [5.41, 5.74) is 4.04. The van der Waals surface area contributed by atoms with E-state index in [0.717, 1.165) is 33.9 Å². The van der Waals surface area contributed by atoms with E-state index in [1.54, 1.807) is 0 Å². The van der Waals surface area contributed by atoms with Crippen molar-refractivity contribution in [3.63, 3.8) is 0 Å². The molecule has 3 rings (SSSR count). The van der Waals surface area contributed by atoms with Gasteiger partial charge < -0.3 is 14.6 Å². The Morgan fingerprint density at radius 2 is 1.78 bits per heavy atom. The Kier molecular flexibility index (Phi) is 6.26. The van der Waals surface area contributed by atoms with Crippen LogP contribution in [0.4, 0.5) is 0 Å². The molecule has 0 aliphatic rings. The van der Waals surface area contributed by atoms with Gasteiger partial charge in [0.1, 0.15) is 18.1 Å². The number of aromatic nitrogens is 1. The van der Waals surface area contributed by atoms with Crippen molar-refractivity contribution in [2.45, 2.75) is 39.8 Å². The Bertz CT molecular complexity index is 851. The SMILES string of the molecule is Cc1noc(C)c1CCC(=O)NCc1ccc(OCc2ccccc2)cc1. The molecule has 0 saturated carbocycles. The topological polar surface area (TPSA) is 64.4 Å². The van der Waals surface area contributed by atoms with Gasteiger partial charge in [-0.25, -0.2) is 0 Å². The van der Waals surface area contributed by atoms with Gasteiger partial charge in [0.15, 0.2) is 0 Å². The Morgan fingerprint density at radius 1 is 1.04 bits per heavy atom. The summed E-state index contributed by atoms with van der Waals surface area (Å²) in [6, 6.07) is 17.8. The fourth-order valence-corrected chi connectivity index (χ4v) is 2.83. The standard InChI is InChI=1S/C22H24N2O3/c1-16-21(17(2)27-24-16)12-13-22(25)23-14-18-8-10-20(11-9-18)26-15-19-6-4-3-5-7-19/h3-11H,12-15H2,1-2H3,(H,23,25). The van der Waals surface area contributed by atoms with Crippen LogP contribution in [0.15, 0.2) is 59.1 Å². The molecule has 3 aromatic rings. The number of nitrogens with one attached hydrogen (secondary N) is 1. The average molecular weight is 364 g/mol. The molecule has 0 bridgehead atoms. The summed E-state index contributed by atoms with van der Waals surface area (Å²) in [5, 5.41) is 6.86. The maximum Gasteiger partial charge on any atom is 0.220 e. The Balaban J connectivity index is 1.42. The predicted molar refractivity (Wildman–Crippen MR) is 103 cm³/mol. The number of hydrogen-bond acceptors (Lipinski definition) is 4. The highest BCUT2D eigenvalue weighted by atomic mass is 16.5. The van der Waals surface area contributed by atoms with E-state index in [1.807, 2.05) is 68.4 Å². The van der Waals surface area contributed by atoms with Gasteiger partial charge in [0.2, 0.25) is 5.91 Å². The van der Waals surface area contributed by atoms with Crippen LogP contribution < -0.4 is 10.1 Å². The molecular formula is C22H24N2O3. The summed E-state index contributed by atoms with van der Waals surface area (Å²) >= 11 is 0. The smallest absolute Gasteiger partial charge is 0.220 e. The van der Waals surface area contributed by atoms with Crippen LogP contribution >= 0.6 is 0 Å². The Morgan fingerprint density at radius 3 is 2.44 bits per heavy atom. The lowest BCUT2D eigenvalue weighted by Gasteiger charge is -2.08. The number of carbonyl (C=O) groups excluding carboxylic acids is 1. The zero-order chi connectivity index (χ0) is 19.1. The quantitative estimate of drug-likeness (QED) is 0.653. The van der Waals surface area contributed by atoms with Crippen molar-refractivity contribution in [1.82, 2.24) is 10.5 Å². The third-order valence-corrected chi connectivity index (χ3v) is 4.44. The second-order valence-electron chi connectivity index (χ2n) is 6.50. The van der Waals surface area contributed by atoms with Gasteiger partial charge in [0.25, 0.3) is 0 Å². The van der Waals surface area contributed by atoms with Gasteiger partial charge in [-0.1, -0.05) is 47.6 Å². The van der Waals surface area contributed by atoms with E-state index < -0.39 is 0 Å². The zero-order valence-electron chi connectivity index (χ0n) is 15.7. The highest BCUT2D eigenvalue weighted by molar-refractivity contribution is 5.76. The van der Waals surface area contributed by atoms with Gasteiger partial charge in [-0.2, -0.15) is 0 Å². The van der Waals surface area contributed by atoms with Crippen LogP contribution in [-0.2, 0) is 24.4 Å². The number of benzene rings is 2. The van der Waals surface area contributed by atoms with E-state index in [1.165, 1.54) is 0 Å². The van der Waals surface area contributed by atoms with Crippen molar-refractivity contribution in [2.24, 2.45) is 0 Å². The first-order valence-electron chi connectivity index (χ1n) is 9.06. The molecule has 0 spiro atoms. The highest BCUT2D eigenvalue weighted by Crippen LogP contribution is 2.15. The number of ether oxygens (including phenoxy) is 1. The lowest BCUT2D eigenvalue weighted by atomic mass is 10.1. The van der Waals surface area contributed by atoms with Crippen LogP contribution in [0.25, 0.3) is 0 Å². The number of aryl methyl sites for hydroxylation is 2. The summed E-state index contributed by atoms with van der Waals surface area (Å²) < 4.78 is 10.9. The molecule has 1 N–H and O–H groups in total. The van der Waals surface area contributed by atoms with E-state index in [0.29, 0.717) is 26.0 Å². The second kappa shape index (κ2) is 9.03. The van der Waals surface area contributed by atoms with E-state index in [2.05, 4.69) is 10.5 Å². The first-order chi connectivity index (χ1) is 13.1. The van der Waals surface area contributed by atoms with Crippen molar-refractivity contribution in [3.05, 3.63) is 82.7 Å². The molecule has 27 heavy (non-hydrogen) atoms. The minimum absolute atomic E-state index is 0.0133. The van der Waals surface area contributed by atoms with Crippen molar-refractivity contribution < 1.29 is 14.1 Å². The van der Waals surface area contributed by atoms with Gasteiger partial charge in [-0.15, -0.1) is 0 Å². The maximum atomic E-state index is 12.1. The molecule has 0 radical (unpaired) electrons. The van der Waals surface area contributed by atoms with Gasteiger partial charge >= 0.3 is 0 Å². The van der Waals surface area contributed by atoms with Gasteiger partial charge in [0, 0.05) is 18.5 Å². The van der Waals surface area contributed by atoms with Crippen LogP contribution in [0.3, 0.4) is 0 Å². The van der Waals surface area contributed by atoms with E-state index >= 15 is 0 Å². The highest BCUT2D eigenvalue weighted by Gasteiger charge is 2.11. The van der Waals surface area contributed by atoms with Crippen LogP contribution in [0, 0.1) is 13.8 Å². The predicted octanol–water partition coefficient (Wildman–Crippen LogP) is 4.12. The first kappa shape index (κ1) is 18.7. The molecule has 0 saturated heterocycles. The van der Waals surface area contributed by atoms with Crippen molar-refractivity contribution in [3.8, 4) is 5.75 Å². The molecule has 1 amide bonds. The van der Waals surface area contributed by atoms with Crippen LogP contribution in [-0.4, -0.2) is 11.1 Å². The summed E-state index contributed by atoms with van der Waals surface area (Å²) in [6.07, 6.45) is 1.06. The molecule has 0 atom stereocenters. The molecule has 0 aliphatic carbocycles. The largest absolute Gasteiger partial charge is 0.489 e. The molecule has 0 unspecified atom stereocenters. The molecule has 140 valence electrons. The Labute approximate surface area is 159 Å². The van der Waals surface area contributed by atoms with Crippen LogP contribution in [0.1, 0.15) is 34.6 Å². The molecule has 1 aromatic heterocycles. The maximum absolute atomic E-state index is 12.1. The lowest BCUT2D eigenvalue weighted by Crippen LogP contribution is -2.23. The number of rotatable bonds is 8. The van der Waals surface area contributed by atoms with Crippen LogP contribution in [0.2, 0.25) is 0 Å². The number of nitrogens with zero attached hydrogens (tertiary/aromatic N) is 1. The Hall–Kier alpha value is -3.08. The molecule has 5 nitrogen and oxygen atoms in total. The second-order valence-corrected chi connectivity index (χ2v) is 6.50. The number of amides is 1. The van der Waals surface area contributed by atoms with Crippen molar-refractivity contribution >= 4 is 5.91 Å². The fourth-order valence-electron chi connectivity index (χ4n) is 2.83. The van der Waals surface area contributed by atoms with E-state index in [-0.39, 0.29) is 5.91 Å². The summed E-state index contributed by atoms with van der Waals surface area (Å²) in [5.74, 6) is 1.61. The van der Waals surface area contributed by atoms with E-state index in [9.17, 15) is 4.79 Å². The average Bonchev–Trinajstić information content (AvgIpc) is 3.02. The number of hydrogen-bond donors (Lipinski definition) is 1. The summed E-state index contributed by atoms with van der Waals surface area (Å²) in [7, 11) is 0.